The minimum absolute atomic E-state index is 0.0429. The molecule has 0 unspecified atom stereocenters. The van der Waals surface area contributed by atoms with Gasteiger partial charge in [-0.1, -0.05) is 0 Å². The Labute approximate surface area is 151 Å². The third-order valence-electron chi connectivity index (χ3n) is 4.65. The molecule has 0 aliphatic carbocycles. The molecule has 0 spiro atoms. The summed E-state index contributed by atoms with van der Waals surface area (Å²) < 4.78 is 2.83. The SMILES string of the molecule is Cc1nc2c(C)cc(Br)cn2c1C(=O)NCCCCN1CCCC1. The van der Waals surface area contributed by atoms with Crippen LogP contribution in [-0.2, 0) is 0 Å². The minimum Gasteiger partial charge on any atom is -0.351 e. The smallest absolute Gasteiger partial charge is 0.270 e. The van der Waals surface area contributed by atoms with Gasteiger partial charge in [0.25, 0.3) is 5.91 Å². The Hall–Kier alpha value is -1.40. The number of halogens is 1. The van der Waals surface area contributed by atoms with Crippen LogP contribution in [0.15, 0.2) is 16.7 Å². The quantitative estimate of drug-likeness (QED) is 0.767. The van der Waals surface area contributed by atoms with Gasteiger partial charge in [0, 0.05) is 17.2 Å². The summed E-state index contributed by atoms with van der Waals surface area (Å²) in [5.41, 5.74) is 3.30. The van der Waals surface area contributed by atoms with E-state index in [-0.39, 0.29) is 5.91 Å². The molecule has 1 aliphatic heterocycles. The van der Waals surface area contributed by atoms with E-state index in [1.807, 2.05) is 30.5 Å². The van der Waals surface area contributed by atoms with Crippen molar-refractivity contribution in [2.45, 2.75) is 39.5 Å². The first kappa shape index (κ1) is 17.4. The molecule has 0 saturated carbocycles. The Morgan fingerprint density at radius 1 is 1.29 bits per heavy atom. The third kappa shape index (κ3) is 3.81. The van der Waals surface area contributed by atoms with Gasteiger partial charge in [0.1, 0.15) is 11.3 Å². The first-order chi connectivity index (χ1) is 11.6. The van der Waals surface area contributed by atoms with Gasteiger partial charge in [-0.2, -0.15) is 0 Å². The highest BCUT2D eigenvalue weighted by molar-refractivity contribution is 9.10. The molecule has 0 aromatic carbocycles. The van der Waals surface area contributed by atoms with Crippen molar-refractivity contribution in [3.8, 4) is 0 Å². The van der Waals surface area contributed by atoms with Gasteiger partial charge < -0.3 is 10.2 Å². The lowest BCUT2D eigenvalue weighted by Crippen LogP contribution is -2.27. The molecule has 0 radical (unpaired) electrons. The number of pyridine rings is 1. The predicted octanol–water partition coefficient (Wildman–Crippen LogP) is 3.32. The van der Waals surface area contributed by atoms with Crippen molar-refractivity contribution in [1.82, 2.24) is 19.6 Å². The molecule has 5 nitrogen and oxygen atoms in total. The maximum absolute atomic E-state index is 12.6. The van der Waals surface area contributed by atoms with Gasteiger partial charge in [-0.3, -0.25) is 9.20 Å². The summed E-state index contributed by atoms with van der Waals surface area (Å²) in [5.74, 6) is -0.0429. The van der Waals surface area contributed by atoms with Crippen molar-refractivity contribution in [3.63, 3.8) is 0 Å². The van der Waals surface area contributed by atoms with E-state index in [1.165, 1.54) is 25.9 Å². The fourth-order valence-electron chi connectivity index (χ4n) is 3.41. The highest BCUT2D eigenvalue weighted by atomic mass is 79.9. The van der Waals surface area contributed by atoms with E-state index in [0.717, 1.165) is 40.8 Å². The van der Waals surface area contributed by atoms with Gasteiger partial charge in [-0.05, 0) is 86.7 Å². The van der Waals surface area contributed by atoms with Crippen LogP contribution >= 0.6 is 15.9 Å². The largest absolute Gasteiger partial charge is 0.351 e. The molecule has 3 rings (SSSR count). The summed E-state index contributed by atoms with van der Waals surface area (Å²) in [6.07, 6.45) is 6.72. The van der Waals surface area contributed by atoms with Gasteiger partial charge in [0.2, 0.25) is 0 Å². The summed E-state index contributed by atoms with van der Waals surface area (Å²) in [4.78, 5) is 19.6. The first-order valence-corrected chi connectivity index (χ1v) is 9.51. The maximum atomic E-state index is 12.6. The van der Waals surface area contributed by atoms with E-state index in [9.17, 15) is 4.79 Å². The second kappa shape index (κ2) is 7.66. The van der Waals surface area contributed by atoms with Crippen molar-refractivity contribution in [2.75, 3.05) is 26.2 Å². The standard InChI is InChI=1S/C18H25BrN4O/c1-13-11-15(19)12-23-16(14(2)21-17(13)23)18(24)20-7-3-4-8-22-9-5-6-10-22/h11-12H,3-10H2,1-2H3,(H,20,24). The molecule has 130 valence electrons. The molecular weight excluding hydrogens is 368 g/mol. The molecule has 24 heavy (non-hydrogen) atoms. The second-order valence-electron chi connectivity index (χ2n) is 6.59. The number of likely N-dealkylation sites (tertiary alicyclic amines) is 1. The lowest BCUT2D eigenvalue weighted by atomic mass is 10.2. The second-order valence-corrected chi connectivity index (χ2v) is 7.51. The normalized spacial score (nSPS) is 15.3. The fourth-order valence-corrected chi connectivity index (χ4v) is 3.96. The van der Waals surface area contributed by atoms with Crippen molar-refractivity contribution < 1.29 is 4.79 Å². The Bertz CT molecular complexity index is 734. The third-order valence-corrected chi connectivity index (χ3v) is 5.08. The number of hydrogen-bond donors (Lipinski definition) is 1. The molecule has 1 amide bonds. The van der Waals surface area contributed by atoms with Crippen molar-refractivity contribution in [1.29, 1.82) is 0 Å². The zero-order valence-corrected chi connectivity index (χ0v) is 16.0. The number of carbonyl (C=O) groups excluding carboxylic acids is 1. The summed E-state index contributed by atoms with van der Waals surface area (Å²) in [6.45, 7) is 8.24. The summed E-state index contributed by atoms with van der Waals surface area (Å²) in [7, 11) is 0. The van der Waals surface area contributed by atoms with E-state index in [0.29, 0.717) is 12.2 Å². The molecule has 0 atom stereocenters. The lowest BCUT2D eigenvalue weighted by Gasteiger charge is -2.14. The lowest BCUT2D eigenvalue weighted by molar-refractivity contribution is 0.0946. The number of amides is 1. The Morgan fingerprint density at radius 3 is 2.79 bits per heavy atom. The number of nitrogens with zero attached hydrogens (tertiary/aromatic N) is 3. The highest BCUT2D eigenvalue weighted by Gasteiger charge is 2.17. The molecule has 6 heteroatoms. The Balaban J connectivity index is 1.58. The Kier molecular flexibility index (Phi) is 5.56. The zero-order chi connectivity index (χ0) is 17.1. The van der Waals surface area contributed by atoms with Crippen LogP contribution in [0.2, 0.25) is 0 Å². The van der Waals surface area contributed by atoms with Gasteiger partial charge in [0.15, 0.2) is 0 Å². The van der Waals surface area contributed by atoms with Crippen molar-refractivity contribution in [3.05, 3.63) is 33.7 Å². The van der Waals surface area contributed by atoms with Crippen LogP contribution in [0.1, 0.15) is 47.4 Å². The van der Waals surface area contributed by atoms with E-state index in [2.05, 4.69) is 31.1 Å². The average Bonchev–Trinajstić information content (AvgIpc) is 3.14. The number of aromatic nitrogens is 2. The molecule has 0 bridgehead atoms. The van der Waals surface area contributed by atoms with E-state index >= 15 is 0 Å². The first-order valence-electron chi connectivity index (χ1n) is 8.71. The average molecular weight is 393 g/mol. The van der Waals surface area contributed by atoms with Crippen molar-refractivity contribution in [2.24, 2.45) is 0 Å². The van der Waals surface area contributed by atoms with Crippen LogP contribution in [-0.4, -0.2) is 46.4 Å². The molecule has 1 N–H and O–H groups in total. The van der Waals surface area contributed by atoms with E-state index in [1.54, 1.807) is 0 Å². The van der Waals surface area contributed by atoms with Gasteiger partial charge >= 0.3 is 0 Å². The highest BCUT2D eigenvalue weighted by Crippen LogP contribution is 2.20. The predicted molar refractivity (Wildman–Crippen MR) is 99.6 cm³/mol. The number of unbranched alkanes of at least 4 members (excludes halogenated alkanes) is 1. The summed E-state index contributed by atoms with van der Waals surface area (Å²) >= 11 is 3.50. The molecule has 1 saturated heterocycles. The summed E-state index contributed by atoms with van der Waals surface area (Å²) in [6, 6.07) is 2.02. The minimum atomic E-state index is -0.0429. The number of imidazole rings is 1. The fraction of sp³-hybridized carbons (Fsp3) is 0.556. The number of hydrogen-bond acceptors (Lipinski definition) is 3. The van der Waals surface area contributed by atoms with Crippen LogP contribution in [0.4, 0.5) is 0 Å². The molecule has 3 heterocycles. The van der Waals surface area contributed by atoms with Crippen LogP contribution in [0.25, 0.3) is 5.65 Å². The summed E-state index contributed by atoms with van der Waals surface area (Å²) in [5, 5.41) is 3.05. The topological polar surface area (TPSA) is 49.6 Å². The number of rotatable bonds is 6. The van der Waals surface area contributed by atoms with Crippen LogP contribution in [0.5, 0.6) is 0 Å². The van der Waals surface area contributed by atoms with E-state index in [4.69, 9.17) is 0 Å². The number of aryl methyl sites for hydroxylation is 2. The number of carbonyl (C=O) groups is 1. The van der Waals surface area contributed by atoms with Gasteiger partial charge in [0.05, 0.1) is 5.69 Å². The van der Waals surface area contributed by atoms with Crippen molar-refractivity contribution >= 4 is 27.5 Å². The van der Waals surface area contributed by atoms with Gasteiger partial charge in [-0.25, -0.2) is 4.98 Å². The van der Waals surface area contributed by atoms with Gasteiger partial charge in [-0.15, -0.1) is 0 Å². The Morgan fingerprint density at radius 2 is 2.04 bits per heavy atom. The van der Waals surface area contributed by atoms with Crippen LogP contribution in [0.3, 0.4) is 0 Å². The zero-order valence-electron chi connectivity index (χ0n) is 14.4. The molecule has 1 fully saturated rings. The monoisotopic (exact) mass is 392 g/mol. The van der Waals surface area contributed by atoms with Crippen LogP contribution in [0, 0.1) is 13.8 Å². The number of fused-ring (bicyclic) bond motifs is 1. The molecule has 2 aromatic rings. The molecule has 2 aromatic heterocycles. The molecule has 1 aliphatic rings. The molecular formula is C18H25BrN4O. The van der Waals surface area contributed by atoms with Crippen LogP contribution < -0.4 is 5.32 Å². The van der Waals surface area contributed by atoms with E-state index < -0.39 is 0 Å². The number of nitrogens with one attached hydrogen (secondary N) is 1. The maximum Gasteiger partial charge on any atom is 0.270 e.